The van der Waals surface area contributed by atoms with Crippen LogP contribution in [0.4, 0.5) is 0 Å². The first kappa shape index (κ1) is 20.8. The first-order valence-corrected chi connectivity index (χ1v) is 11.5. The Bertz CT molecular complexity index is 1200. The molecule has 0 aliphatic heterocycles. The number of thiophene rings is 1. The lowest BCUT2D eigenvalue weighted by Crippen LogP contribution is -2.11. The highest BCUT2D eigenvalue weighted by atomic mass is 32.1. The van der Waals surface area contributed by atoms with Crippen LogP contribution < -0.4 is 0 Å². The minimum atomic E-state index is 0.125. The topological polar surface area (TPSA) is 12.9 Å². The highest BCUT2D eigenvalue weighted by Crippen LogP contribution is 2.36. The van der Waals surface area contributed by atoms with E-state index >= 15 is 0 Å². The van der Waals surface area contributed by atoms with Crippen LogP contribution in [0.15, 0.2) is 60.8 Å². The van der Waals surface area contributed by atoms with Crippen LogP contribution in [0.5, 0.6) is 0 Å². The van der Waals surface area contributed by atoms with E-state index in [2.05, 4.69) is 103 Å². The van der Waals surface area contributed by atoms with Crippen LogP contribution in [0.25, 0.3) is 31.8 Å². The molecule has 0 fully saturated rings. The average molecular weight is 414 g/mol. The van der Waals surface area contributed by atoms with E-state index in [1.165, 1.54) is 42.8 Å². The second-order valence-electron chi connectivity index (χ2n) is 10.4. The van der Waals surface area contributed by atoms with Crippen LogP contribution in [-0.2, 0) is 10.8 Å². The molecule has 2 aromatic carbocycles. The van der Waals surface area contributed by atoms with E-state index in [0.29, 0.717) is 0 Å². The first-order chi connectivity index (χ1) is 14.0. The van der Waals surface area contributed by atoms with Crippen molar-refractivity contribution in [2.75, 3.05) is 0 Å². The summed E-state index contributed by atoms with van der Waals surface area (Å²) in [7, 11) is 0. The highest BCUT2D eigenvalue weighted by molar-refractivity contribution is 7.22. The normalized spacial score (nSPS) is 12.5. The molecule has 4 rings (SSSR count). The van der Waals surface area contributed by atoms with Crippen LogP contribution in [0, 0.1) is 6.92 Å². The zero-order valence-electron chi connectivity index (χ0n) is 19.1. The van der Waals surface area contributed by atoms with Crippen molar-refractivity contribution in [2.24, 2.45) is 0 Å². The van der Waals surface area contributed by atoms with Crippen molar-refractivity contribution in [2.45, 2.75) is 59.3 Å². The van der Waals surface area contributed by atoms with Crippen LogP contribution in [0.2, 0.25) is 0 Å². The fourth-order valence-corrected chi connectivity index (χ4v) is 4.81. The third-order valence-electron chi connectivity index (χ3n) is 5.68. The minimum absolute atomic E-state index is 0.125. The van der Waals surface area contributed by atoms with Crippen molar-refractivity contribution in [3.63, 3.8) is 0 Å². The average Bonchev–Trinajstić information content (AvgIpc) is 3.09. The Balaban J connectivity index is 1.72. The molecule has 0 spiro atoms. The summed E-state index contributed by atoms with van der Waals surface area (Å²) in [6, 6.07) is 20.3. The third kappa shape index (κ3) is 4.20. The van der Waals surface area contributed by atoms with Crippen molar-refractivity contribution < 1.29 is 0 Å². The number of aryl methyl sites for hydroxylation is 1. The van der Waals surface area contributed by atoms with E-state index in [1.807, 2.05) is 17.5 Å². The van der Waals surface area contributed by atoms with Crippen molar-refractivity contribution in [1.29, 1.82) is 0 Å². The molecule has 2 heteroatoms. The molecule has 2 heterocycles. The summed E-state index contributed by atoms with van der Waals surface area (Å²) in [5.74, 6) is 0. The second-order valence-corrected chi connectivity index (χ2v) is 11.5. The number of benzene rings is 2. The molecule has 0 radical (unpaired) electrons. The van der Waals surface area contributed by atoms with Gasteiger partial charge in [0.2, 0.25) is 0 Å². The number of nitrogens with zero attached hydrogens (tertiary/aromatic N) is 1. The van der Waals surface area contributed by atoms with Crippen LogP contribution in [0.1, 0.15) is 58.2 Å². The summed E-state index contributed by atoms with van der Waals surface area (Å²) in [6.07, 6.45) is 2.02. The SMILES string of the molecule is Cc1cc(-c2cc3sc(-c4ccc(C(C)(C)C)cc4)cc3cn2)cc(C(C)(C)C)c1. The van der Waals surface area contributed by atoms with E-state index < -0.39 is 0 Å². The lowest BCUT2D eigenvalue weighted by Gasteiger charge is -2.20. The molecular formula is C28H31NS. The predicted molar refractivity (Wildman–Crippen MR) is 133 cm³/mol. The maximum atomic E-state index is 4.80. The van der Waals surface area contributed by atoms with Crippen molar-refractivity contribution in [1.82, 2.24) is 4.98 Å². The molecule has 0 amide bonds. The van der Waals surface area contributed by atoms with Crippen molar-refractivity contribution in [3.05, 3.63) is 77.5 Å². The molecule has 0 N–H and O–H groups in total. The van der Waals surface area contributed by atoms with Gasteiger partial charge in [-0.05, 0) is 58.7 Å². The zero-order valence-corrected chi connectivity index (χ0v) is 19.9. The summed E-state index contributed by atoms with van der Waals surface area (Å²) in [5, 5.41) is 1.21. The molecule has 0 atom stereocenters. The highest BCUT2D eigenvalue weighted by Gasteiger charge is 2.16. The standard InChI is InChI=1S/C28H31NS/c1-18-12-20(14-23(13-18)28(5,6)7)24-16-26-21(17-29-24)15-25(30-26)19-8-10-22(11-9-19)27(2,3)4/h8-17H,1-7H3. The first-order valence-electron chi connectivity index (χ1n) is 10.6. The van der Waals surface area contributed by atoms with E-state index in [9.17, 15) is 0 Å². The number of rotatable bonds is 2. The summed E-state index contributed by atoms with van der Waals surface area (Å²) >= 11 is 1.85. The van der Waals surface area contributed by atoms with Crippen LogP contribution in [-0.4, -0.2) is 4.98 Å². The van der Waals surface area contributed by atoms with Gasteiger partial charge in [-0.1, -0.05) is 77.4 Å². The Morgan fingerprint density at radius 3 is 2.00 bits per heavy atom. The van der Waals surface area contributed by atoms with Gasteiger partial charge >= 0.3 is 0 Å². The van der Waals surface area contributed by atoms with Gasteiger partial charge in [0.05, 0.1) is 5.69 Å². The lowest BCUT2D eigenvalue weighted by atomic mass is 9.85. The smallest absolute Gasteiger partial charge is 0.0716 e. The molecule has 0 saturated carbocycles. The minimum Gasteiger partial charge on any atom is -0.256 e. The number of fused-ring (bicyclic) bond motifs is 1. The lowest BCUT2D eigenvalue weighted by molar-refractivity contribution is 0.590. The molecule has 4 aromatic rings. The number of aromatic nitrogens is 1. The Labute approximate surface area is 184 Å². The molecule has 154 valence electrons. The van der Waals surface area contributed by atoms with E-state index in [1.54, 1.807) is 0 Å². The van der Waals surface area contributed by atoms with Gasteiger partial charge in [0.1, 0.15) is 0 Å². The van der Waals surface area contributed by atoms with Gasteiger partial charge in [0.25, 0.3) is 0 Å². The van der Waals surface area contributed by atoms with Crippen LogP contribution >= 0.6 is 11.3 Å². The molecule has 0 aliphatic carbocycles. The van der Waals surface area contributed by atoms with Gasteiger partial charge in [0, 0.05) is 26.7 Å². The maximum absolute atomic E-state index is 4.80. The van der Waals surface area contributed by atoms with Gasteiger partial charge < -0.3 is 0 Å². The summed E-state index contributed by atoms with van der Waals surface area (Å²) < 4.78 is 1.29. The molecule has 1 nitrogen and oxygen atoms in total. The number of pyridine rings is 1. The summed E-state index contributed by atoms with van der Waals surface area (Å²) in [6.45, 7) is 15.7. The molecule has 30 heavy (non-hydrogen) atoms. The monoisotopic (exact) mass is 413 g/mol. The molecular weight excluding hydrogens is 382 g/mol. The fourth-order valence-electron chi connectivity index (χ4n) is 3.73. The Morgan fingerprint density at radius 1 is 0.700 bits per heavy atom. The molecule has 0 saturated heterocycles. The molecule has 0 aliphatic rings. The molecule has 0 unspecified atom stereocenters. The van der Waals surface area contributed by atoms with Crippen molar-refractivity contribution in [3.8, 4) is 21.7 Å². The Morgan fingerprint density at radius 2 is 1.37 bits per heavy atom. The largest absolute Gasteiger partial charge is 0.256 e. The quantitative estimate of drug-likeness (QED) is 0.321. The Hall–Kier alpha value is -2.45. The second kappa shape index (κ2) is 7.35. The maximum Gasteiger partial charge on any atom is 0.0716 e. The van der Waals surface area contributed by atoms with E-state index in [0.717, 1.165) is 5.69 Å². The summed E-state index contributed by atoms with van der Waals surface area (Å²) in [4.78, 5) is 6.10. The van der Waals surface area contributed by atoms with Gasteiger partial charge in [-0.3, -0.25) is 4.98 Å². The van der Waals surface area contributed by atoms with Gasteiger partial charge in [0.15, 0.2) is 0 Å². The van der Waals surface area contributed by atoms with Gasteiger partial charge in [-0.25, -0.2) is 0 Å². The number of hydrogen-bond acceptors (Lipinski definition) is 2. The molecule has 0 bridgehead atoms. The predicted octanol–water partition coefficient (Wildman–Crippen LogP) is 8.53. The van der Waals surface area contributed by atoms with Crippen LogP contribution in [0.3, 0.4) is 0 Å². The Kier molecular flexibility index (Phi) is 5.10. The molecule has 2 aromatic heterocycles. The van der Waals surface area contributed by atoms with Gasteiger partial charge in [-0.2, -0.15) is 0 Å². The third-order valence-corrected chi connectivity index (χ3v) is 6.82. The van der Waals surface area contributed by atoms with Crippen molar-refractivity contribution >= 4 is 21.4 Å². The fraction of sp³-hybridized carbons (Fsp3) is 0.321. The van der Waals surface area contributed by atoms with E-state index in [4.69, 9.17) is 4.98 Å². The van der Waals surface area contributed by atoms with Gasteiger partial charge in [-0.15, -0.1) is 11.3 Å². The number of hydrogen-bond donors (Lipinski definition) is 0. The van der Waals surface area contributed by atoms with E-state index in [-0.39, 0.29) is 10.8 Å². The zero-order chi connectivity index (χ0) is 21.7. The summed E-state index contributed by atoms with van der Waals surface area (Å²) in [5.41, 5.74) is 7.83.